The van der Waals surface area contributed by atoms with Gasteiger partial charge in [0.1, 0.15) is 16.7 Å². The summed E-state index contributed by atoms with van der Waals surface area (Å²) in [6.45, 7) is 1.28. The van der Waals surface area contributed by atoms with E-state index in [9.17, 15) is 9.59 Å². The molecule has 0 aromatic heterocycles. The third-order valence-corrected chi connectivity index (χ3v) is 5.46. The lowest BCUT2D eigenvalue weighted by Crippen LogP contribution is -2.36. The summed E-state index contributed by atoms with van der Waals surface area (Å²) < 4.78 is 6.32. The van der Waals surface area contributed by atoms with Crippen LogP contribution in [0.2, 0.25) is 0 Å². The summed E-state index contributed by atoms with van der Waals surface area (Å²) >= 11 is 6.45. The third kappa shape index (κ3) is 5.94. The van der Waals surface area contributed by atoms with Gasteiger partial charge < -0.3 is 10.1 Å². The molecule has 0 radical (unpaired) electrons. The van der Waals surface area contributed by atoms with Gasteiger partial charge in [-0.3, -0.25) is 14.5 Å². The van der Waals surface area contributed by atoms with Crippen LogP contribution < -0.4 is 10.1 Å². The minimum Gasteiger partial charge on any atom is -0.489 e. The molecule has 1 aliphatic heterocycles. The number of hydrogen-bond donors (Lipinski definition) is 1. The van der Waals surface area contributed by atoms with Gasteiger partial charge in [-0.25, -0.2) is 0 Å². The van der Waals surface area contributed by atoms with Crippen LogP contribution in [0.25, 0.3) is 6.08 Å². The van der Waals surface area contributed by atoms with Gasteiger partial charge >= 0.3 is 0 Å². The molecule has 1 fully saturated rings. The Kier molecular flexibility index (Phi) is 7.22. The molecule has 0 bridgehead atoms. The first-order valence-corrected chi connectivity index (χ1v) is 10.2. The largest absolute Gasteiger partial charge is 0.489 e. The van der Waals surface area contributed by atoms with Crippen molar-refractivity contribution in [3.05, 3.63) is 71.8 Å². The summed E-state index contributed by atoms with van der Waals surface area (Å²) in [5.74, 6) is 0.941. The van der Waals surface area contributed by atoms with Crippen molar-refractivity contribution in [2.45, 2.75) is 6.61 Å². The quantitative estimate of drug-likeness (QED) is 0.533. The van der Waals surface area contributed by atoms with Gasteiger partial charge in [0.15, 0.2) is 0 Å². The summed E-state index contributed by atoms with van der Waals surface area (Å²) in [5, 5.41) is 2.76. The van der Waals surface area contributed by atoms with Crippen LogP contribution in [0, 0.1) is 0 Å². The maximum atomic E-state index is 11.9. The van der Waals surface area contributed by atoms with E-state index in [1.54, 1.807) is 6.08 Å². The van der Waals surface area contributed by atoms with Crippen LogP contribution in [0.3, 0.4) is 0 Å². The number of amides is 2. The minimum atomic E-state index is -0.213. The molecule has 2 aromatic carbocycles. The Bertz CT molecular complexity index is 851. The number of rotatable bonds is 8. The highest BCUT2D eigenvalue weighted by molar-refractivity contribution is 8.23. The van der Waals surface area contributed by atoms with Gasteiger partial charge in [0.2, 0.25) is 11.8 Å². The molecule has 2 aromatic rings. The van der Waals surface area contributed by atoms with E-state index < -0.39 is 0 Å². The maximum Gasteiger partial charge on any atom is 0.244 e. The van der Waals surface area contributed by atoms with Crippen molar-refractivity contribution in [1.82, 2.24) is 10.2 Å². The van der Waals surface area contributed by atoms with Gasteiger partial charge in [0, 0.05) is 19.2 Å². The van der Waals surface area contributed by atoms with Crippen molar-refractivity contribution < 1.29 is 14.3 Å². The Hall–Kier alpha value is -2.64. The molecule has 2 amide bonds. The zero-order valence-electron chi connectivity index (χ0n) is 15.2. The summed E-state index contributed by atoms with van der Waals surface area (Å²) in [4.78, 5) is 25.0. The average Bonchev–Trinajstić information content (AvgIpc) is 3.04. The number of thiocarbonyl (C=S) groups is 1. The molecule has 7 heteroatoms. The highest BCUT2D eigenvalue weighted by Crippen LogP contribution is 2.18. The molecule has 144 valence electrons. The van der Waals surface area contributed by atoms with E-state index in [1.165, 1.54) is 22.7 Å². The first-order chi connectivity index (χ1) is 13.6. The maximum absolute atomic E-state index is 11.9. The van der Waals surface area contributed by atoms with E-state index in [4.69, 9.17) is 17.0 Å². The highest BCUT2D eigenvalue weighted by Gasteiger charge is 2.25. The van der Waals surface area contributed by atoms with Crippen LogP contribution in [0.1, 0.15) is 11.1 Å². The number of hydrogen-bond acceptors (Lipinski definition) is 5. The molecule has 0 atom stereocenters. The summed E-state index contributed by atoms with van der Waals surface area (Å²) in [7, 11) is 0. The summed E-state index contributed by atoms with van der Waals surface area (Å²) in [6, 6.07) is 17.5. The highest BCUT2D eigenvalue weighted by atomic mass is 32.2. The predicted molar refractivity (Wildman–Crippen MR) is 116 cm³/mol. The van der Waals surface area contributed by atoms with E-state index in [1.807, 2.05) is 54.6 Å². The summed E-state index contributed by atoms with van der Waals surface area (Å²) in [5.41, 5.74) is 2.01. The van der Waals surface area contributed by atoms with Gasteiger partial charge in [0.05, 0.1) is 5.75 Å². The Balaban J connectivity index is 1.41. The smallest absolute Gasteiger partial charge is 0.244 e. The van der Waals surface area contributed by atoms with Gasteiger partial charge in [-0.05, 0) is 29.3 Å². The third-order valence-electron chi connectivity index (χ3n) is 4.03. The van der Waals surface area contributed by atoms with E-state index in [0.717, 1.165) is 16.9 Å². The topological polar surface area (TPSA) is 58.6 Å². The molecule has 1 heterocycles. The summed E-state index contributed by atoms with van der Waals surface area (Å²) in [6.07, 6.45) is 3.20. The first kappa shape index (κ1) is 20.1. The van der Waals surface area contributed by atoms with Crippen molar-refractivity contribution in [3.8, 4) is 5.75 Å². The molecule has 28 heavy (non-hydrogen) atoms. The predicted octanol–water partition coefficient (Wildman–Crippen LogP) is 3.26. The molecule has 5 nitrogen and oxygen atoms in total. The zero-order chi connectivity index (χ0) is 19.8. The van der Waals surface area contributed by atoms with Crippen molar-refractivity contribution in [3.63, 3.8) is 0 Å². The number of carbonyl (C=O) groups is 2. The Labute approximate surface area is 173 Å². The van der Waals surface area contributed by atoms with Gasteiger partial charge in [0.25, 0.3) is 0 Å². The number of thioether (sulfide) groups is 1. The first-order valence-electron chi connectivity index (χ1n) is 8.81. The van der Waals surface area contributed by atoms with Crippen LogP contribution in [-0.4, -0.2) is 39.9 Å². The van der Waals surface area contributed by atoms with Crippen LogP contribution >= 0.6 is 24.0 Å². The molecule has 0 spiro atoms. The van der Waals surface area contributed by atoms with E-state index >= 15 is 0 Å². The molecule has 1 aliphatic rings. The number of benzene rings is 2. The molecular formula is C21H20N2O3S2. The molecular weight excluding hydrogens is 392 g/mol. The van der Waals surface area contributed by atoms with Crippen LogP contribution in [0.4, 0.5) is 0 Å². The second-order valence-electron chi connectivity index (χ2n) is 6.07. The van der Waals surface area contributed by atoms with Crippen LogP contribution in [-0.2, 0) is 16.2 Å². The molecule has 3 rings (SSSR count). The number of nitrogens with zero attached hydrogens (tertiary/aromatic N) is 1. The normalized spacial score (nSPS) is 13.9. The van der Waals surface area contributed by atoms with Crippen molar-refractivity contribution in [2.75, 3.05) is 18.8 Å². The van der Waals surface area contributed by atoms with Gasteiger partial charge in [-0.15, -0.1) is 0 Å². The number of carbonyl (C=O) groups excluding carboxylic acids is 2. The van der Waals surface area contributed by atoms with Crippen LogP contribution in [0.5, 0.6) is 5.75 Å². The zero-order valence-corrected chi connectivity index (χ0v) is 16.8. The second kappa shape index (κ2) is 10.1. The molecule has 0 unspecified atom stereocenters. The molecule has 1 N–H and O–H groups in total. The van der Waals surface area contributed by atoms with Gasteiger partial charge in [-0.2, -0.15) is 0 Å². The number of ether oxygens (including phenoxy) is 1. The minimum absolute atomic E-state index is 0.00522. The van der Waals surface area contributed by atoms with E-state index in [-0.39, 0.29) is 11.8 Å². The Morgan fingerprint density at radius 3 is 2.61 bits per heavy atom. The Morgan fingerprint density at radius 1 is 1.18 bits per heavy atom. The van der Waals surface area contributed by atoms with Crippen LogP contribution in [0.15, 0.2) is 60.7 Å². The van der Waals surface area contributed by atoms with E-state index in [0.29, 0.717) is 29.8 Å². The van der Waals surface area contributed by atoms with E-state index in [2.05, 4.69) is 5.32 Å². The monoisotopic (exact) mass is 412 g/mol. The number of nitrogens with one attached hydrogen (secondary N) is 1. The second-order valence-corrected chi connectivity index (χ2v) is 7.68. The lowest BCUT2D eigenvalue weighted by atomic mass is 10.2. The molecule has 0 aliphatic carbocycles. The van der Waals surface area contributed by atoms with Crippen molar-refractivity contribution in [2.24, 2.45) is 0 Å². The average molecular weight is 413 g/mol. The van der Waals surface area contributed by atoms with Crippen molar-refractivity contribution in [1.29, 1.82) is 0 Å². The fourth-order valence-corrected chi connectivity index (χ4v) is 3.66. The van der Waals surface area contributed by atoms with Crippen molar-refractivity contribution >= 4 is 46.2 Å². The molecule has 0 saturated carbocycles. The SMILES string of the molecule is O=C(/C=C/c1ccc(OCc2ccccc2)cc1)NCCN1C(=O)CSC1=S. The lowest BCUT2D eigenvalue weighted by molar-refractivity contribution is -0.124. The van der Waals surface area contributed by atoms with Gasteiger partial charge in [-0.1, -0.05) is 66.4 Å². The molecule has 1 saturated heterocycles. The lowest BCUT2D eigenvalue weighted by Gasteiger charge is -2.14. The standard InChI is InChI=1S/C21H20N2O3S2/c24-19(22-12-13-23-20(25)15-28-21(23)27)11-8-16-6-9-18(10-7-16)26-14-17-4-2-1-3-5-17/h1-11H,12-15H2,(H,22,24)/b11-8+. The fraction of sp³-hybridized carbons (Fsp3) is 0.190. The Morgan fingerprint density at radius 2 is 1.93 bits per heavy atom. The fourth-order valence-electron chi connectivity index (χ4n) is 2.53.